The number of carboxylic acids is 1. The van der Waals surface area contributed by atoms with Crippen molar-refractivity contribution in [2.75, 3.05) is 0 Å². The maximum absolute atomic E-state index is 11.3. The first kappa shape index (κ1) is 14.7. The van der Waals surface area contributed by atoms with Crippen molar-refractivity contribution in [1.82, 2.24) is 15.0 Å². The molecule has 2 aromatic heterocycles. The Bertz CT molecular complexity index is 649. The Kier molecular flexibility index (Phi) is 4.57. The summed E-state index contributed by atoms with van der Waals surface area (Å²) in [6.45, 7) is 3.81. The summed E-state index contributed by atoms with van der Waals surface area (Å²) in [6, 6.07) is 3.41. The molecule has 0 aromatic carbocycles. The van der Waals surface area contributed by atoms with Gasteiger partial charge in [-0.25, -0.2) is 19.7 Å². The van der Waals surface area contributed by atoms with Crippen LogP contribution in [0.4, 0.5) is 0 Å². The van der Waals surface area contributed by atoms with Crippen LogP contribution in [-0.2, 0) is 0 Å². The average molecular weight is 310 g/mol. The number of halogens is 1. The van der Waals surface area contributed by atoms with E-state index in [1.165, 1.54) is 6.20 Å². The minimum atomic E-state index is -1.09. The molecular formula is C13H12ClN3O2S. The second kappa shape index (κ2) is 6.19. The van der Waals surface area contributed by atoms with Gasteiger partial charge in [-0.3, -0.25) is 0 Å². The van der Waals surface area contributed by atoms with Gasteiger partial charge in [0.25, 0.3) is 0 Å². The highest BCUT2D eigenvalue weighted by molar-refractivity contribution is 7.99. The zero-order valence-electron chi connectivity index (χ0n) is 10.9. The number of carboxylic acid groups (broad SMARTS) is 1. The topological polar surface area (TPSA) is 76.0 Å². The second-order valence-electron chi connectivity index (χ2n) is 4.29. The minimum Gasteiger partial charge on any atom is -0.476 e. The van der Waals surface area contributed by atoms with Crippen LogP contribution in [0.5, 0.6) is 0 Å². The predicted octanol–water partition coefficient (Wildman–Crippen LogP) is 3.50. The van der Waals surface area contributed by atoms with Gasteiger partial charge in [0.15, 0.2) is 5.69 Å². The van der Waals surface area contributed by atoms with Crippen molar-refractivity contribution >= 4 is 29.3 Å². The lowest BCUT2D eigenvalue weighted by molar-refractivity contribution is 0.0685. The molecule has 2 heterocycles. The first-order valence-electron chi connectivity index (χ1n) is 5.87. The largest absolute Gasteiger partial charge is 0.476 e. The molecular weight excluding hydrogens is 298 g/mol. The highest BCUT2D eigenvalue weighted by atomic mass is 35.5. The van der Waals surface area contributed by atoms with Crippen molar-refractivity contribution in [3.8, 4) is 0 Å². The molecule has 0 unspecified atom stereocenters. The van der Waals surface area contributed by atoms with Crippen molar-refractivity contribution in [1.29, 1.82) is 0 Å². The van der Waals surface area contributed by atoms with Crippen LogP contribution in [0, 0.1) is 0 Å². The van der Waals surface area contributed by atoms with Gasteiger partial charge in [-0.1, -0.05) is 37.2 Å². The summed E-state index contributed by atoms with van der Waals surface area (Å²) in [5.41, 5.74) is -0.0320. The minimum absolute atomic E-state index is 0.0320. The normalized spacial score (nSPS) is 10.8. The van der Waals surface area contributed by atoms with E-state index in [4.69, 9.17) is 11.6 Å². The van der Waals surface area contributed by atoms with E-state index in [1.807, 2.05) is 13.8 Å². The first-order chi connectivity index (χ1) is 9.49. The Morgan fingerprint density at radius 3 is 2.75 bits per heavy atom. The van der Waals surface area contributed by atoms with E-state index in [0.717, 1.165) is 11.8 Å². The van der Waals surface area contributed by atoms with E-state index in [-0.39, 0.29) is 11.6 Å². The van der Waals surface area contributed by atoms with Crippen molar-refractivity contribution < 1.29 is 9.90 Å². The number of hydrogen-bond donors (Lipinski definition) is 1. The van der Waals surface area contributed by atoms with Gasteiger partial charge in [0.2, 0.25) is 0 Å². The van der Waals surface area contributed by atoms with Crippen molar-refractivity contribution in [3.63, 3.8) is 0 Å². The molecule has 0 saturated carbocycles. The third kappa shape index (κ3) is 3.26. The molecule has 0 aliphatic heterocycles. The Labute approximate surface area is 125 Å². The fourth-order valence-electron chi connectivity index (χ4n) is 1.44. The number of nitrogens with zero attached hydrogens (tertiary/aromatic N) is 3. The Morgan fingerprint density at radius 2 is 2.15 bits per heavy atom. The summed E-state index contributed by atoms with van der Waals surface area (Å²) in [6.07, 6.45) is 3.10. The van der Waals surface area contributed by atoms with Crippen molar-refractivity contribution in [3.05, 3.63) is 41.1 Å². The number of carbonyl (C=O) groups is 1. The molecule has 0 fully saturated rings. The molecule has 104 valence electrons. The molecule has 0 aliphatic rings. The summed E-state index contributed by atoms with van der Waals surface area (Å²) >= 11 is 7.16. The molecule has 0 atom stereocenters. The zero-order valence-corrected chi connectivity index (χ0v) is 12.4. The highest BCUT2D eigenvalue weighted by Crippen LogP contribution is 2.32. The SMILES string of the molecule is CC(C)c1ncc(Sc2ncccc2Cl)c(C(=O)O)n1. The van der Waals surface area contributed by atoms with E-state index in [9.17, 15) is 9.90 Å². The molecule has 0 spiro atoms. The van der Waals surface area contributed by atoms with Gasteiger partial charge >= 0.3 is 5.97 Å². The maximum Gasteiger partial charge on any atom is 0.355 e. The van der Waals surface area contributed by atoms with E-state index >= 15 is 0 Å². The number of rotatable bonds is 4. The molecule has 0 amide bonds. The predicted molar refractivity (Wildman–Crippen MR) is 76.5 cm³/mol. The third-order valence-electron chi connectivity index (χ3n) is 2.42. The summed E-state index contributed by atoms with van der Waals surface area (Å²) in [5.74, 6) is -0.534. The second-order valence-corrected chi connectivity index (χ2v) is 5.73. The van der Waals surface area contributed by atoms with Gasteiger partial charge in [0.05, 0.1) is 9.92 Å². The van der Waals surface area contributed by atoms with Crippen LogP contribution >= 0.6 is 23.4 Å². The van der Waals surface area contributed by atoms with Gasteiger partial charge in [0.1, 0.15) is 10.9 Å². The van der Waals surface area contributed by atoms with Gasteiger partial charge in [-0.05, 0) is 12.1 Å². The number of hydrogen-bond acceptors (Lipinski definition) is 5. The van der Waals surface area contributed by atoms with E-state index in [2.05, 4.69) is 15.0 Å². The van der Waals surface area contributed by atoms with Crippen molar-refractivity contribution in [2.45, 2.75) is 29.7 Å². The van der Waals surface area contributed by atoms with Crippen LogP contribution in [0.1, 0.15) is 36.1 Å². The van der Waals surface area contributed by atoms with Gasteiger partial charge in [0, 0.05) is 18.3 Å². The van der Waals surface area contributed by atoms with Gasteiger partial charge < -0.3 is 5.11 Å². The lowest BCUT2D eigenvalue weighted by atomic mass is 10.2. The molecule has 1 N–H and O–H groups in total. The lowest BCUT2D eigenvalue weighted by Gasteiger charge is -2.08. The molecule has 2 aromatic rings. The van der Waals surface area contributed by atoms with Crippen LogP contribution in [0.25, 0.3) is 0 Å². The van der Waals surface area contributed by atoms with Crippen LogP contribution in [0.3, 0.4) is 0 Å². The molecule has 0 aliphatic carbocycles. The maximum atomic E-state index is 11.3. The van der Waals surface area contributed by atoms with Crippen LogP contribution in [0.15, 0.2) is 34.4 Å². The number of pyridine rings is 1. The summed E-state index contributed by atoms with van der Waals surface area (Å²) in [7, 11) is 0. The van der Waals surface area contributed by atoms with E-state index in [0.29, 0.717) is 20.8 Å². The monoisotopic (exact) mass is 309 g/mol. The summed E-state index contributed by atoms with van der Waals surface area (Å²) in [4.78, 5) is 24.1. The third-order valence-corrected chi connectivity index (χ3v) is 3.88. The molecule has 20 heavy (non-hydrogen) atoms. The fourth-order valence-corrected chi connectivity index (χ4v) is 2.50. The molecule has 0 saturated heterocycles. The van der Waals surface area contributed by atoms with Crippen LogP contribution in [-0.4, -0.2) is 26.0 Å². The Hall–Kier alpha value is -1.66. The molecule has 7 heteroatoms. The zero-order chi connectivity index (χ0) is 14.7. The number of aromatic carboxylic acids is 1. The molecule has 0 radical (unpaired) electrons. The molecule has 0 bridgehead atoms. The van der Waals surface area contributed by atoms with E-state index < -0.39 is 5.97 Å². The fraction of sp³-hybridized carbons (Fsp3) is 0.231. The molecule has 5 nitrogen and oxygen atoms in total. The Morgan fingerprint density at radius 1 is 1.40 bits per heavy atom. The summed E-state index contributed by atoms with van der Waals surface area (Å²) < 4.78 is 0. The van der Waals surface area contributed by atoms with Crippen LogP contribution in [0.2, 0.25) is 5.02 Å². The average Bonchev–Trinajstić information content (AvgIpc) is 2.41. The van der Waals surface area contributed by atoms with Gasteiger partial charge in [-0.2, -0.15) is 0 Å². The highest BCUT2D eigenvalue weighted by Gasteiger charge is 2.17. The smallest absolute Gasteiger partial charge is 0.355 e. The quantitative estimate of drug-likeness (QED) is 0.931. The molecule has 2 rings (SSSR count). The number of aromatic nitrogens is 3. The van der Waals surface area contributed by atoms with Gasteiger partial charge in [-0.15, -0.1) is 0 Å². The van der Waals surface area contributed by atoms with Crippen LogP contribution < -0.4 is 0 Å². The Balaban J connectivity index is 2.41. The van der Waals surface area contributed by atoms with Crippen molar-refractivity contribution in [2.24, 2.45) is 0 Å². The van der Waals surface area contributed by atoms with E-state index in [1.54, 1.807) is 18.3 Å². The lowest BCUT2D eigenvalue weighted by Crippen LogP contribution is -2.08. The standard InChI is InChI=1S/C13H12ClN3O2S/c1-7(2)11-16-6-9(10(17-11)13(18)19)20-12-8(14)4-3-5-15-12/h3-7H,1-2H3,(H,18,19). The first-order valence-corrected chi connectivity index (χ1v) is 7.07. The summed E-state index contributed by atoms with van der Waals surface area (Å²) in [5, 5.41) is 10.2.